The van der Waals surface area contributed by atoms with Crippen LogP contribution in [0.3, 0.4) is 0 Å². The van der Waals surface area contributed by atoms with Crippen LogP contribution in [-0.2, 0) is 28.9 Å². The molecular weight excluding hydrogens is 564 g/mol. The molecule has 43 heavy (non-hydrogen) atoms. The number of rotatable bonds is 7. The minimum atomic E-state index is -0.661. The van der Waals surface area contributed by atoms with Crippen LogP contribution in [0.4, 0.5) is 25.2 Å². The first-order valence-electron chi connectivity index (χ1n) is 14.8. The molecular formula is C28H31F2N9O4. The van der Waals surface area contributed by atoms with Gasteiger partial charge in [-0.05, 0) is 42.7 Å². The number of halogens is 2. The second-order valence-electron chi connectivity index (χ2n) is 12.3. The van der Waals surface area contributed by atoms with E-state index in [0.29, 0.717) is 82.1 Å². The molecule has 2 saturated heterocycles. The molecule has 2 aromatic heterocycles. The summed E-state index contributed by atoms with van der Waals surface area (Å²) in [5.74, 6) is -0.459. The lowest BCUT2D eigenvalue weighted by Gasteiger charge is -2.38. The summed E-state index contributed by atoms with van der Waals surface area (Å²) in [4.78, 5) is 36.8. The van der Waals surface area contributed by atoms with Gasteiger partial charge in [-0.1, -0.05) is 5.21 Å². The standard InChI is InChI=1S/C28H31F2N9O4/c29-21-17-9-15(10-18(17)22(30)24-23(21)35-36-39(24)8-5-31-16-1-2-16)12-37-6-3-28(4-7-37)14-38(27(41)43-28)19-11-32-26-25(33-19)34-20(40)13-42-26/h11,15-16,31H,1-10,12-14H2,(H,33,34,40). The number of benzene rings is 1. The number of hydrogen-bond donors (Lipinski definition) is 2. The van der Waals surface area contributed by atoms with Gasteiger partial charge in [-0.15, -0.1) is 5.10 Å². The van der Waals surface area contributed by atoms with E-state index in [1.54, 1.807) is 0 Å². The van der Waals surface area contributed by atoms with E-state index in [-0.39, 0.29) is 47.0 Å². The first-order valence-corrected chi connectivity index (χ1v) is 14.8. The maximum Gasteiger partial charge on any atom is 0.416 e. The summed E-state index contributed by atoms with van der Waals surface area (Å²) >= 11 is 0. The van der Waals surface area contributed by atoms with Gasteiger partial charge in [0.15, 0.2) is 35.4 Å². The van der Waals surface area contributed by atoms with Gasteiger partial charge < -0.3 is 25.0 Å². The van der Waals surface area contributed by atoms with Gasteiger partial charge in [0.2, 0.25) is 0 Å². The molecule has 2 aliphatic carbocycles. The van der Waals surface area contributed by atoms with Crippen LogP contribution in [0.15, 0.2) is 6.20 Å². The fourth-order valence-corrected chi connectivity index (χ4v) is 6.81. The number of amides is 2. The predicted octanol–water partition coefficient (Wildman–Crippen LogP) is 1.79. The number of hydrogen-bond acceptors (Lipinski definition) is 10. The Hall–Kier alpha value is -3.98. The Balaban J connectivity index is 0.906. The van der Waals surface area contributed by atoms with Crippen molar-refractivity contribution < 1.29 is 27.8 Å². The maximum atomic E-state index is 15.7. The molecule has 2 amide bonds. The summed E-state index contributed by atoms with van der Waals surface area (Å²) in [7, 11) is 0. The molecule has 226 valence electrons. The Morgan fingerprint density at radius 1 is 1.12 bits per heavy atom. The van der Waals surface area contributed by atoms with Crippen LogP contribution in [0.2, 0.25) is 0 Å². The molecule has 1 aromatic carbocycles. The van der Waals surface area contributed by atoms with E-state index < -0.39 is 23.3 Å². The highest BCUT2D eigenvalue weighted by atomic mass is 19.1. The van der Waals surface area contributed by atoms with Gasteiger partial charge in [-0.2, -0.15) is 0 Å². The molecule has 3 aromatic rings. The minimum Gasteiger partial charge on any atom is -0.465 e. The van der Waals surface area contributed by atoms with E-state index in [1.807, 2.05) is 0 Å². The second kappa shape index (κ2) is 10.0. The molecule has 3 fully saturated rings. The van der Waals surface area contributed by atoms with E-state index in [1.165, 1.54) is 15.8 Å². The summed E-state index contributed by atoms with van der Waals surface area (Å²) in [5, 5.41) is 14.0. The zero-order valence-electron chi connectivity index (χ0n) is 23.4. The van der Waals surface area contributed by atoms with Gasteiger partial charge >= 0.3 is 6.09 Å². The van der Waals surface area contributed by atoms with E-state index >= 15 is 8.78 Å². The topological polar surface area (TPSA) is 140 Å². The predicted molar refractivity (Wildman–Crippen MR) is 148 cm³/mol. The summed E-state index contributed by atoms with van der Waals surface area (Å²) in [6.07, 6.45) is 5.38. The van der Waals surface area contributed by atoms with E-state index in [2.05, 4.69) is 35.8 Å². The highest BCUT2D eigenvalue weighted by Crippen LogP contribution is 2.39. The molecule has 13 nitrogen and oxygen atoms in total. The number of ether oxygens (including phenoxy) is 2. The molecule has 15 heteroatoms. The molecule has 1 unspecified atom stereocenters. The minimum absolute atomic E-state index is 0.00867. The van der Waals surface area contributed by atoms with Gasteiger partial charge in [0, 0.05) is 45.1 Å². The number of piperidine rings is 1. The zero-order valence-corrected chi connectivity index (χ0v) is 23.4. The van der Waals surface area contributed by atoms with E-state index in [0.717, 1.165) is 12.8 Å². The van der Waals surface area contributed by atoms with Crippen molar-refractivity contribution in [3.05, 3.63) is 29.0 Å². The number of carbonyl (C=O) groups is 2. The number of nitrogens with zero attached hydrogens (tertiary/aromatic N) is 7. The van der Waals surface area contributed by atoms with Crippen molar-refractivity contribution in [2.24, 2.45) is 5.92 Å². The lowest BCUT2D eigenvalue weighted by molar-refractivity contribution is -0.118. The van der Waals surface area contributed by atoms with Crippen molar-refractivity contribution in [3.8, 4) is 5.88 Å². The largest absolute Gasteiger partial charge is 0.465 e. The average molecular weight is 596 g/mol. The SMILES string of the molecule is O=C1COc2ncc(N3CC4(CCN(CC5Cc6c(c(F)c7c(nnn7CCNC7CC7)c6F)C5)CC4)OC3=O)nc2N1. The Morgan fingerprint density at radius 2 is 1.91 bits per heavy atom. The third kappa shape index (κ3) is 4.74. The van der Waals surface area contributed by atoms with Crippen molar-refractivity contribution in [2.45, 2.75) is 56.7 Å². The second-order valence-corrected chi connectivity index (χ2v) is 12.3. The lowest BCUT2D eigenvalue weighted by atomic mass is 9.90. The van der Waals surface area contributed by atoms with E-state index in [4.69, 9.17) is 9.47 Å². The summed E-state index contributed by atoms with van der Waals surface area (Å²) < 4.78 is 43.8. The van der Waals surface area contributed by atoms with Crippen molar-refractivity contribution in [1.82, 2.24) is 35.2 Å². The van der Waals surface area contributed by atoms with Gasteiger partial charge in [-0.25, -0.2) is 28.2 Å². The number of anilines is 2. The Kier molecular flexibility index (Phi) is 6.22. The van der Waals surface area contributed by atoms with Crippen LogP contribution in [0.5, 0.6) is 5.88 Å². The fourth-order valence-electron chi connectivity index (χ4n) is 6.81. The molecule has 0 radical (unpaired) electrons. The van der Waals surface area contributed by atoms with Gasteiger partial charge in [0.1, 0.15) is 11.1 Å². The van der Waals surface area contributed by atoms with Crippen LogP contribution in [-0.4, -0.2) is 92.8 Å². The normalized spacial score (nSPS) is 22.9. The number of fused-ring (bicyclic) bond motifs is 3. The van der Waals surface area contributed by atoms with Crippen LogP contribution >= 0.6 is 0 Å². The molecule has 5 aliphatic rings. The highest BCUT2D eigenvalue weighted by molar-refractivity contribution is 5.94. The smallest absolute Gasteiger partial charge is 0.416 e. The van der Waals surface area contributed by atoms with Crippen LogP contribution < -0.4 is 20.3 Å². The maximum absolute atomic E-state index is 15.7. The first kappa shape index (κ1) is 26.6. The summed E-state index contributed by atoms with van der Waals surface area (Å²) in [5.41, 5.74) is 0.357. The van der Waals surface area contributed by atoms with Crippen molar-refractivity contribution >= 4 is 34.7 Å². The van der Waals surface area contributed by atoms with Gasteiger partial charge in [0.05, 0.1) is 19.3 Å². The van der Waals surface area contributed by atoms with Crippen LogP contribution in [0.25, 0.3) is 11.0 Å². The molecule has 1 spiro atoms. The molecule has 5 heterocycles. The van der Waals surface area contributed by atoms with Crippen LogP contribution in [0.1, 0.15) is 36.8 Å². The van der Waals surface area contributed by atoms with Crippen LogP contribution in [0, 0.1) is 17.6 Å². The van der Waals surface area contributed by atoms with E-state index in [9.17, 15) is 9.59 Å². The van der Waals surface area contributed by atoms with Crippen molar-refractivity contribution in [2.75, 3.05) is 49.5 Å². The quantitative estimate of drug-likeness (QED) is 0.416. The van der Waals surface area contributed by atoms with Gasteiger partial charge in [0.25, 0.3) is 11.8 Å². The third-order valence-electron chi connectivity index (χ3n) is 9.22. The average Bonchev–Trinajstić information content (AvgIpc) is 3.41. The molecule has 0 bridgehead atoms. The Labute approximate surface area is 244 Å². The number of carbonyl (C=O) groups excluding carboxylic acids is 2. The van der Waals surface area contributed by atoms with Gasteiger partial charge in [-0.3, -0.25) is 9.69 Å². The van der Waals surface area contributed by atoms with Crippen molar-refractivity contribution in [1.29, 1.82) is 0 Å². The Bertz CT molecular complexity index is 1640. The van der Waals surface area contributed by atoms with Crippen molar-refractivity contribution in [3.63, 3.8) is 0 Å². The highest BCUT2D eigenvalue weighted by Gasteiger charge is 2.48. The lowest BCUT2D eigenvalue weighted by Crippen LogP contribution is -2.48. The number of likely N-dealkylation sites (tertiary alicyclic amines) is 1. The first-order chi connectivity index (χ1) is 20.9. The summed E-state index contributed by atoms with van der Waals surface area (Å²) in [6, 6.07) is 0.523. The zero-order chi connectivity index (χ0) is 29.3. The number of aromatic nitrogens is 5. The molecule has 2 N–H and O–H groups in total. The molecule has 1 saturated carbocycles. The number of nitrogens with one attached hydrogen (secondary N) is 2. The molecule has 8 rings (SSSR count). The fraction of sp³-hybridized carbons (Fsp3) is 0.571. The monoisotopic (exact) mass is 595 g/mol. The molecule has 1 atom stereocenters. The summed E-state index contributed by atoms with van der Waals surface area (Å²) in [6.45, 7) is 3.33. The molecule has 3 aliphatic heterocycles. The Morgan fingerprint density at radius 3 is 2.70 bits per heavy atom. The third-order valence-corrected chi connectivity index (χ3v) is 9.22.